The van der Waals surface area contributed by atoms with Crippen molar-refractivity contribution in [1.82, 2.24) is 0 Å². The third kappa shape index (κ3) is 42.4. The third-order valence-corrected chi connectivity index (χ3v) is 9.85. The van der Waals surface area contributed by atoms with Gasteiger partial charge in [0, 0.05) is 19.3 Å². The lowest BCUT2D eigenvalue weighted by Crippen LogP contribution is -2.30. The molecule has 6 nitrogen and oxygen atoms in total. The Morgan fingerprint density at radius 2 is 0.709 bits per heavy atom. The summed E-state index contributed by atoms with van der Waals surface area (Å²) in [6, 6.07) is 0. The molecule has 318 valence electrons. The van der Waals surface area contributed by atoms with Gasteiger partial charge in [0.05, 0.1) is 0 Å². The van der Waals surface area contributed by atoms with Gasteiger partial charge in [-0.15, -0.1) is 0 Å². The van der Waals surface area contributed by atoms with Crippen LogP contribution in [-0.4, -0.2) is 37.2 Å². The van der Waals surface area contributed by atoms with E-state index in [1.54, 1.807) is 0 Å². The van der Waals surface area contributed by atoms with Crippen LogP contribution in [0.3, 0.4) is 0 Å². The molecule has 1 unspecified atom stereocenters. The minimum atomic E-state index is -0.761. The first-order chi connectivity index (χ1) is 27.0. The molecular formula is C49H86O6. The van der Waals surface area contributed by atoms with E-state index < -0.39 is 6.10 Å². The van der Waals surface area contributed by atoms with Gasteiger partial charge < -0.3 is 14.2 Å². The Morgan fingerprint density at radius 3 is 1.11 bits per heavy atom. The number of hydrogen-bond donors (Lipinski definition) is 0. The number of rotatable bonds is 41. The summed E-state index contributed by atoms with van der Waals surface area (Å²) in [5.41, 5.74) is 0. The predicted octanol–water partition coefficient (Wildman–Crippen LogP) is 14.8. The van der Waals surface area contributed by atoms with Crippen molar-refractivity contribution in [3.63, 3.8) is 0 Å². The van der Waals surface area contributed by atoms with E-state index in [-0.39, 0.29) is 31.1 Å². The van der Waals surface area contributed by atoms with Crippen molar-refractivity contribution in [1.29, 1.82) is 0 Å². The third-order valence-electron chi connectivity index (χ3n) is 9.85. The second-order valence-electron chi connectivity index (χ2n) is 15.3. The summed E-state index contributed by atoms with van der Waals surface area (Å²) in [7, 11) is 0. The molecule has 0 radical (unpaired) electrons. The minimum absolute atomic E-state index is 0.0726. The molecule has 55 heavy (non-hydrogen) atoms. The van der Waals surface area contributed by atoms with Gasteiger partial charge in [-0.2, -0.15) is 0 Å². The highest BCUT2D eigenvalue weighted by Crippen LogP contribution is 2.15. The molecule has 0 aromatic carbocycles. The van der Waals surface area contributed by atoms with Crippen LogP contribution in [0, 0.1) is 0 Å². The van der Waals surface area contributed by atoms with E-state index >= 15 is 0 Å². The Kier molecular flexibility index (Phi) is 42.0. The molecule has 0 aromatic rings. The number of hydrogen-bond acceptors (Lipinski definition) is 6. The fraction of sp³-hybridized carbons (Fsp3) is 0.776. The Hall–Kier alpha value is -2.63. The maximum Gasteiger partial charge on any atom is 0.306 e. The topological polar surface area (TPSA) is 78.9 Å². The molecule has 0 spiro atoms. The Bertz CT molecular complexity index is 980. The molecule has 1 atom stereocenters. The molecule has 0 fully saturated rings. The zero-order chi connectivity index (χ0) is 40.1. The summed E-state index contributed by atoms with van der Waals surface area (Å²) in [5, 5.41) is 0. The second kappa shape index (κ2) is 44.1. The highest BCUT2D eigenvalue weighted by Gasteiger charge is 2.19. The number of unbranched alkanes of at least 4 members (excludes halogenated alkanes) is 22. The first-order valence-corrected chi connectivity index (χ1v) is 23.1. The molecule has 0 saturated heterocycles. The first-order valence-electron chi connectivity index (χ1n) is 23.1. The fourth-order valence-corrected chi connectivity index (χ4v) is 6.37. The van der Waals surface area contributed by atoms with Crippen molar-refractivity contribution in [2.24, 2.45) is 0 Å². The molecular weight excluding hydrogens is 685 g/mol. The van der Waals surface area contributed by atoms with Crippen LogP contribution in [0.1, 0.15) is 226 Å². The van der Waals surface area contributed by atoms with Gasteiger partial charge in [-0.25, -0.2) is 0 Å². The van der Waals surface area contributed by atoms with Crippen molar-refractivity contribution in [3.8, 4) is 0 Å². The number of carbonyl (C=O) groups excluding carboxylic acids is 3. The zero-order valence-corrected chi connectivity index (χ0v) is 36.2. The molecule has 0 bridgehead atoms. The maximum atomic E-state index is 12.4. The van der Waals surface area contributed by atoms with E-state index in [0.29, 0.717) is 19.3 Å². The number of allylic oxidation sites excluding steroid dienone is 8. The van der Waals surface area contributed by atoms with Gasteiger partial charge in [-0.05, 0) is 57.8 Å². The molecule has 0 aliphatic carbocycles. The van der Waals surface area contributed by atoms with Gasteiger partial charge in [0.1, 0.15) is 13.2 Å². The lowest BCUT2D eigenvalue weighted by Gasteiger charge is -2.18. The zero-order valence-electron chi connectivity index (χ0n) is 36.2. The van der Waals surface area contributed by atoms with Crippen LogP contribution in [0.2, 0.25) is 0 Å². The van der Waals surface area contributed by atoms with Crippen molar-refractivity contribution in [3.05, 3.63) is 48.6 Å². The van der Waals surface area contributed by atoms with Crippen LogP contribution in [0.15, 0.2) is 48.6 Å². The van der Waals surface area contributed by atoms with Crippen LogP contribution in [0.5, 0.6) is 0 Å². The maximum absolute atomic E-state index is 12.4. The summed E-state index contributed by atoms with van der Waals surface area (Å²) < 4.78 is 16.5. The van der Waals surface area contributed by atoms with E-state index in [2.05, 4.69) is 69.4 Å². The summed E-state index contributed by atoms with van der Waals surface area (Å²) in [5.74, 6) is -0.902. The second-order valence-corrected chi connectivity index (χ2v) is 15.3. The van der Waals surface area contributed by atoms with Gasteiger partial charge in [0.15, 0.2) is 6.10 Å². The standard InChI is InChI=1S/C49H86O6/c1-4-7-10-13-14-15-16-17-18-19-20-21-22-23-24-25-26-27-28-29-30-31-32-33-34-37-39-42-48(51)54-45-46(55-49(52)43-40-36-12-9-6-3)44-53-47(50)41-38-35-11-8-5-2/h7,10,14-15,17-18,20-21,46H,4-6,8-9,11-13,16,19,22-45H2,1-3H3/b10-7-,15-14-,18-17-,21-20-. The SMILES string of the molecule is CC/C=C\C/C=C\C/C=C\C/C=C\CCCCCCCCCCCCCCCCC(=O)OCC(COC(=O)CCCCCCC)OC(=O)CCCCCCC. The molecule has 0 saturated carbocycles. The number of ether oxygens (including phenoxy) is 3. The van der Waals surface area contributed by atoms with Crippen molar-refractivity contribution < 1.29 is 28.6 Å². The van der Waals surface area contributed by atoms with Crippen molar-refractivity contribution in [2.45, 2.75) is 232 Å². The summed E-state index contributed by atoms with van der Waals surface area (Å²) in [4.78, 5) is 37.1. The highest BCUT2D eigenvalue weighted by atomic mass is 16.6. The molecule has 0 aliphatic rings. The Balaban J connectivity index is 3.86. The summed E-state index contributed by atoms with van der Waals surface area (Å²) >= 11 is 0. The Morgan fingerprint density at radius 1 is 0.382 bits per heavy atom. The van der Waals surface area contributed by atoms with Crippen LogP contribution < -0.4 is 0 Å². The van der Waals surface area contributed by atoms with Gasteiger partial charge in [0.25, 0.3) is 0 Å². The fourth-order valence-electron chi connectivity index (χ4n) is 6.37. The molecule has 0 amide bonds. The van der Waals surface area contributed by atoms with Crippen LogP contribution in [0.4, 0.5) is 0 Å². The molecule has 0 aliphatic heterocycles. The quantitative estimate of drug-likeness (QED) is 0.0267. The van der Waals surface area contributed by atoms with E-state index in [9.17, 15) is 14.4 Å². The van der Waals surface area contributed by atoms with E-state index in [1.807, 2.05) is 0 Å². The van der Waals surface area contributed by atoms with Crippen LogP contribution in [0.25, 0.3) is 0 Å². The lowest BCUT2D eigenvalue weighted by molar-refractivity contribution is -0.167. The van der Waals surface area contributed by atoms with E-state index in [0.717, 1.165) is 103 Å². The summed E-state index contributed by atoms with van der Waals surface area (Å²) in [6.07, 6.45) is 51.8. The largest absolute Gasteiger partial charge is 0.462 e. The van der Waals surface area contributed by atoms with Crippen molar-refractivity contribution >= 4 is 17.9 Å². The van der Waals surface area contributed by atoms with E-state index in [1.165, 1.54) is 83.5 Å². The summed E-state index contributed by atoms with van der Waals surface area (Å²) in [6.45, 7) is 6.34. The predicted molar refractivity (Wildman–Crippen MR) is 233 cm³/mol. The van der Waals surface area contributed by atoms with Gasteiger partial charge in [-0.3, -0.25) is 14.4 Å². The first kappa shape index (κ1) is 52.4. The molecule has 0 aromatic heterocycles. The molecule has 6 heteroatoms. The van der Waals surface area contributed by atoms with Gasteiger partial charge in [-0.1, -0.05) is 198 Å². The molecule has 0 N–H and O–H groups in total. The van der Waals surface area contributed by atoms with Crippen molar-refractivity contribution in [2.75, 3.05) is 13.2 Å². The highest BCUT2D eigenvalue weighted by molar-refractivity contribution is 5.71. The average Bonchev–Trinajstić information content (AvgIpc) is 3.18. The molecule has 0 heterocycles. The number of carbonyl (C=O) groups is 3. The Labute approximate surface area is 339 Å². The van der Waals surface area contributed by atoms with Crippen LogP contribution >= 0.6 is 0 Å². The average molecular weight is 771 g/mol. The van der Waals surface area contributed by atoms with Gasteiger partial charge >= 0.3 is 17.9 Å². The molecule has 0 rings (SSSR count). The minimum Gasteiger partial charge on any atom is -0.462 e. The van der Waals surface area contributed by atoms with E-state index in [4.69, 9.17) is 14.2 Å². The van der Waals surface area contributed by atoms with Crippen LogP contribution in [-0.2, 0) is 28.6 Å². The number of esters is 3. The monoisotopic (exact) mass is 771 g/mol. The normalized spacial score (nSPS) is 12.4. The van der Waals surface area contributed by atoms with Gasteiger partial charge in [0.2, 0.25) is 0 Å². The lowest BCUT2D eigenvalue weighted by atomic mass is 10.0. The smallest absolute Gasteiger partial charge is 0.306 e.